The predicted octanol–water partition coefficient (Wildman–Crippen LogP) is 1.60. The van der Waals surface area contributed by atoms with E-state index in [4.69, 9.17) is 10.5 Å². The molecule has 0 fully saturated rings. The molecule has 0 bridgehead atoms. The van der Waals surface area contributed by atoms with Crippen LogP contribution in [0.2, 0.25) is 0 Å². The second-order valence-electron chi connectivity index (χ2n) is 3.77. The molecule has 0 unspecified atom stereocenters. The summed E-state index contributed by atoms with van der Waals surface area (Å²) >= 11 is 0. The van der Waals surface area contributed by atoms with E-state index in [1.54, 1.807) is 36.3 Å². The first-order valence-corrected chi connectivity index (χ1v) is 5.28. The molecule has 2 N–H and O–H groups in total. The van der Waals surface area contributed by atoms with Crippen LogP contribution in [0.5, 0.6) is 5.75 Å². The van der Waals surface area contributed by atoms with Crippen LogP contribution in [0.25, 0.3) is 0 Å². The number of aromatic nitrogens is 2. The van der Waals surface area contributed by atoms with Gasteiger partial charge in [-0.1, -0.05) is 6.07 Å². The van der Waals surface area contributed by atoms with Gasteiger partial charge in [0.15, 0.2) is 5.75 Å². The van der Waals surface area contributed by atoms with E-state index < -0.39 is 0 Å². The van der Waals surface area contributed by atoms with Crippen molar-refractivity contribution in [1.29, 1.82) is 0 Å². The Balaban J connectivity index is 2.07. The zero-order valence-corrected chi connectivity index (χ0v) is 9.56. The summed E-state index contributed by atoms with van der Waals surface area (Å²) in [4.78, 5) is 0. The quantitative estimate of drug-likeness (QED) is 0.875. The number of aryl methyl sites for hydroxylation is 1. The van der Waals surface area contributed by atoms with Gasteiger partial charge in [0.05, 0.1) is 12.4 Å². The molecule has 2 aromatic rings. The van der Waals surface area contributed by atoms with Gasteiger partial charge in [-0.3, -0.25) is 4.68 Å². The van der Waals surface area contributed by atoms with E-state index in [9.17, 15) is 4.39 Å². The molecule has 5 heteroatoms. The number of rotatable bonds is 4. The predicted molar refractivity (Wildman–Crippen MR) is 61.8 cm³/mol. The van der Waals surface area contributed by atoms with Crippen molar-refractivity contribution in [3.63, 3.8) is 0 Å². The fourth-order valence-corrected chi connectivity index (χ4v) is 1.50. The molecule has 1 heterocycles. The Morgan fingerprint density at radius 1 is 1.47 bits per heavy atom. The van der Waals surface area contributed by atoms with Crippen molar-refractivity contribution in [2.75, 3.05) is 0 Å². The maximum Gasteiger partial charge on any atom is 0.157 e. The van der Waals surface area contributed by atoms with Crippen molar-refractivity contribution in [2.24, 2.45) is 12.8 Å². The van der Waals surface area contributed by atoms with Crippen molar-refractivity contribution < 1.29 is 9.13 Å². The molecule has 1 aromatic carbocycles. The maximum atomic E-state index is 13.5. The van der Waals surface area contributed by atoms with Gasteiger partial charge in [0.1, 0.15) is 12.4 Å². The molecular weight excluding hydrogens is 221 g/mol. The lowest BCUT2D eigenvalue weighted by Crippen LogP contribution is -2.02. The van der Waals surface area contributed by atoms with Crippen LogP contribution in [0.15, 0.2) is 30.6 Å². The number of ether oxygens (including phenoxy) is 1. The fourth-order valence-electron chi connectivity index (χ4n) is 1.50. The van der Waals surface area contributed by atoms with Crippen molar-refractivity contribution in [2.45, 2.75) is 13.2 Å². The normalized spacial score (nSPS) is 10.5. The third-order valence-electron chi connectivity index (χ3n) is 2.42. The van der Waals surface area contributed by atoms with Gasteiger partial charge in [-0.2, -0.15) is 5.10 Å². The lowest BCUT2D eigenvalue weighted by atomic mass is 10.1. The van der Waals surface area contributed by atoms with E-state index in [2.05, 4.69) is 5.10 Å². The first-order chi connectivity index (χ1) is 8.19. The Bertz CT molecular complexity index is 510. The van der Waals surface area contributed by atoms with E-state index in [0.29, 0.717) is 17.9 Å². The summed E-state index contributed by atoms with van der Waals surface area (Å²) in [6.45, 7) is 0.561. The molecule has 0 radical (unpaired) electrons. The van der Waals surface area contributed by atoms with Gasteiger partial charge in [-0.25, -0.2) is 4.39 Å². The molecule has 0 amide bonds. The minimum atomic E-state index is -0.286. The van der Waals surface area contributed by atoms with Crippen LogP contribution in [0, 0.1) is 5.82 Å². The number of hydrogen-bond acceptors (Lipinski definition) is 3. The van der Waals surface area contributed by atoms with Crippen LogP contribution in [0.3, 0.4) is 0 Å². The number of nitrogens with two attached hydrogens (primary N) is 1. The molecule has 0 aliphatic carbocycles. The number of nitrogens with zero attached hydrogens (tertiary/aromatic N) is 2. The van der Waals surface area contributed by atoms with Crippen molar-refractivity contribution >= 4 is 0 Å². The molecule has 0 saturated heterocycles. The van der Waals surface area contributed by atoms with E-state index in [1.807, 2.05) is 0 Å². The summed E-state index contributed by atoms with van der Waals surface area (Å²) in [7, 11) is 1.79. The molecule has 0 aliphatic rings. The van der Waals surface area contributed by atoms with Crippen molar-refractivity contribution in [3.8, 4) is 5.75 Å². The van der Waals surface area contributed by atoms with E-state index >= 15 is 0 Å². The van der Waals surface area contributed by atoms with Crippen molar-refractivity contribution in [3.05, 3.63) is 47.5 Å². The van der Waals surface area contributed by atoms with Gasteiger partial charge < -0.3 is 10.5 Å². The standard InChI is InChI=1S/C12H14FN3O/c1-16-7-11(6-15-16)17-8-10-4-9(5-14)2-3-12(10)13/h2-4,6-7H,5,8,14H2,1H3. The zero-order valence-electron chi connectivity index (χ0n) is 9.56. The maximum absolute atomic E-state index is 13.5. The third kappa shape index (κ3) is 2.82. The second-order valence-corrected chi connectivity index (χ2v) is 3.77. The molecular formula is C12H14FN3O. The molecule has 0 aliphatic heterocycles. The number of halogens is 1. The molecule has 4 nitrogen and oxygen atoms in total. The lowest BCUT2D eigenvalue weighted by molar-refractivity contribution is 0.299. The minimum Gasteiger partial charge on any atom is -0.486 e. The number of hydrogen-bond donors (Lipinski definition) is 1. The fraction of sp³-hybridized carbons (Fsp3) is 0.250. The molecule has 0 spiro atoms. The highest BCUT2D eigenvalue weighted by Crippen LogP contribution is 2.14. The Morgan fingerprint density at radius 3 is 2.94 bits per heavy atom. The van der Waals surface area contributed by atoms with Gasteiger partial charge in [0, 0.05) is 19.2 Å². The smallest absolute Gasteiger partial charge is 0.157 e. The van der Waals surface area contributed by atoms with Gasteiger partial charge >= 0.3 is 0 Å². The van der Waals surface area contributed by atoms with Crippen LogP contribution in [0.1, 0.15) is 11.1 Å². The van der Waals surface area contributed by atoms with Gasteiger partial charge in [0.25, 0.3) is 0 Å². The second kappa shape index (κ2) is 4.97. The summed E-state index contributed by atoms with van der Waals surface area (Å²) in [6, 6.07) is 4.79. The van der Waals surface area contributed by atoms with E-state index in [0.717, 1.165) is 5.56 Å². The molecule has 0 saturated carbocycles. The highest BCUT2D eigenvalue weighted by Gasteiger charge is 2.05. The van der Waals surface area contributed by atoms with Gasteiger partial charge in [-0.15, -0.1) is 0 Å². The first-order valence-electron chi connectivity index (χ1n) is 5.28. The van der Waals surface area contributed by atoms with Crippen LogP contribution in [0.4, 0.5) is 4.39 Å². The van der Waals surface area contributed by atoms with Crippen LogP contribution < -0.4 is 10.5 Å². The molecule has 17 heavy (non-hydrogen) atoms. The summed E-state index contributed by atoms with van der Waals surface area (Å²) < 4.78 is 20.5. The Morgan fingerprint density at radius 2 is 2.29 bits per heavy atom. The van der Waals surface area contributed by atoms with E-state index in [-0.39, 0.29) is 12.4 Å². The highest BCUT2D eigenvalue weighted by atomic mass is 19.1. The summed E-state index contributed by atoms with van der Waals surface area (Å²) in [5.41, 5.74) is 6.89. The van der Waals surface area contributed by atoms with E-state index in [1.165, 1.54) is 6.07 Å². The monoisotopic (exact) mass is 235 g/mol. The van der Waals surface area contributed by atoms with Crippen molar-refractivity contribution in [1.82, 2.24) is 9.78 Å². The third-order valence-corrected chi connectivity index (χ3v) is 2.42. The summed E-state index contributed by atoms with van der Waals surface area (Å²) in [6.07, 6.45) is 3.31. The Hall–Kier alpha value is -1.88. The molecule has 1 aromatic heterocycles. The lowest BCUT2D eigenvalue weighted by Gasteiger charge is -2.06. The van der Waals surface area contributed by atoms with Crippen LogP contribution in [-0.2, 0) is 20.2 Å². The topological polar surface area (TPSA) is 53.1 Å². The SMILES string of the molecule is Cn1cc(OCc2cc(CN)ccc2F)cn1. The minimum absolute atomic E-state index is 0.172. The molecule has 0 atom stereocenters. The average Bonchev–Trinajstić information content (AvgIpc) is 2.74. The van der Waals surface area contributed by atoms with Crippen LogP contribution in [-0.4, -0.2) is 9.78 Å². The zero-order chi connectivity index (χ0) is 12.3. The van der Waals surface area contributed by atoms with Gasteiger partial charge in [0.2, 0.25) is 0 Å². The Kier molecular flexibility index (Phi) is 3.39. The highest BCUT2D eigenvalue weighted by molar-refractivity contribution is 5.25. The van der Waals surface area contributed by atoms with Crippen LogP contribution >= 0.6 is 0 Å². The average molecular weight is 235 g/mol. The van der Waals surface area contributed by atoms with Gasteiger partial charge in [-0.05, 0) is 17.7 Å². The summed E-state index contributed by atoms with van der Waals surface area (Å²) in [5, 5.41) is 3.96. The molecule has 90 valence electrons. The first kappa shape index (κ1) is 11.6. The molecule has 2 rings (SSSR count). The largest absolute Gasteiger partial charge is 0.486 e. The Labute approximate surface area is 98.8 Å². The number of benzene rings is 1. The summed E-state index contributed by atoms with van der Waals surface area (Å²) in [5.74, 6) is 0.330.